The first-order valence-electron chi connectivity index (χ1n) is 4.88. The lowest BCUT2D eigenvalue weighted by molar-refractivity contribution is 0.102. The van der Waals surface area contributed by atoms with Crippen molar-refractivity contribution in [2.24, 2.45) is 0 Å². The Morgan fingerprint density at radius 2 is 2.29 bits per heavy atom. The van der Waals surface area contributed by atoms with E-state index in [-0.39, 0.29) is 23.0 Å². The summed E-state index contributed by atoms with van der Waals surface area (Å²) in [6.45, 7) is 1.74. The fraction of sp³-hybridized carbons (Fsp3) is 0.0909. The highest BCUT2D eigenvalue weighted by Gasteiger charge is 2.13. The third-order valence-electron chi connectivity index (χ3n) is 2.12. The van der Waals surface area contributed by atoms with Crippen LogP contribution in [0.4, 0.5) is 11.7 Å². The van der Waals surface area contributed by atoms with Crippen LogP contribution in [0.15, 0.2) is 28.9 Å². The van der Waals surface area contributed by atoms with E-state index in [4.69, 9.17) is 10.2 Å². The van der Waals surface area contributed by atoms with Crippen molar-refractivity contribution in [3.05, 3.63) is 35.7 Å². The molecule has 88 valence electrons. The molecule has 2 rings (SSSR count). The van der Waals surface area contributed by atoms with Gasteiger partial charge in [0, 0.05) is 5.69 Å². The third kappa shape index (κ3) is 2.36. The fourth-order valence-electron chi connectivity index (χ4n) is 1.32. The number of hydrogen-bond donors (Lipinski definition) is 3. The molecule has 0 aliphatic heterocycles. The highest BCUT2D eigenvalue weighted by molar-refractivity contribution is 6.07. The highest BCUT2D eigenvalue weighted by atomic mass is 16.4. The molecule has 4 N–H and O–H groups in total. The van der Waals surface area contributed by atoms with Crippen molar-refractivity contribution in [3.8, 4) is 5.75 Å². The van der Waals surface area contributed by atoms with Gasteiger partial charge in [0.05, 0.1) is 11.3 Å². The van der Waals surface area contributed by atoms with Crippen LogP contribution in [0.25, 0.3) is 0 Å². The van der Waals surface area contributed by atoms with Crippen molar-refractivity contribution < 1.29 is 14.3 Å². The number of rotatable bonds is 2. The molecule has 0 spiro atoms. The van der Waals surface area contributed by atoms with E-state index in [1.807, 2.05) is 0 Å². The summed E-state index contributed by atoms with van der Waals surface area (Å²) in [4.78, 5) is 15.7. The molecule has 0 bridgehead atoms. The standard InChI is InChI=1S/C11H11N3O3/c1-6-5-17-11(13-6)14-10(16)8-4-7(15)2-3-9(8)12/h2-5,15H,12H2,1H3,(H,13,14,16). The molecule has 6 heteroatoms. The summed E-state index contributed by atoms with van der Waals surface area (Å²) < 4.78 is 4.98. The molecule has 0 saturated heterocycles. The van der Waals surface area contributed by atoms with Crippen LogP contribution in [0.5, 0.6) is 5.75 Å². The second-order valence-electron chi connectivity index (χ2n) is 3.52. The Hall–Kier alpha value is -2.50. The van der Waals surface area contributed by atoms with Crippen LogP contribution in [0.3, 0.4) is 0 Å². The molecule has 17 heavy (non-hydrogen) atoms. The number of carbonyl (C=O) groups excluding carboxylic acids is 1. The van der Waals surface area contributed by atoms with E-state index >= 15 is 0 Å². The van der Waals surface area contributed by atoms with Gasteiger partial charge in [-0.3, -0.25) is 10.1 Å². The van der Waals surface area contributed by atoms with Crippen molar-refractivity contribution in [1.82, 2.24) is 4.98 Å². The van der Waals surface area contributed by atoms with Crippen molar-refractivity contribution in [3.63, 3.8) is 0 Å². The maximum atomic E-state index is 11.8. The number of phenolic OH excluding ortho intramolecular Hbond substituents is 1. The number of hydrogen-bond acceptors (Lipinski definition) is 5. The van der Waals surface area contributed by atoms with Gasteiger partial charge in [-0.25, -0.2) is 0 Å². The minimum absolute atomic E-state index is 0.0343. The Labute approximate surface area is 97.1 Å². The number of nitrogen functional groups attached to an aromatic ring is 1. The van der Waals surface area contributed by atoms with Gasteiger partial charge in [0.2, 0.25) is 0 Å². The summed E-state index contributed by atoms with van der Waals surface area (Å²) in [6.07, 6.45) is 1.42. The lowest BCUT2D eigenvalue weighted by Crippen LogP contribution is -2.14. The predicted molar refractivity (Wildman–Crippen MR) is 61.7 cm³/mol. The predicted octanol–water partition coefficient (Wildman–Crippen LogP) is 1.52. The van der Waals surface area contributed by atoms with Gasteiger partial charge in [-0.05, 0) is 25.1 Å². The topological polar surface area (TPSA) is 101 Å². The monoisotopic (exact) mass is 233 g/mol. The molecule has 0 aliphatic carbocycles. The molecule has 0 unspecified atom stereocenters. The van der Waals surface area contributed by atoms with Crippen LogP contribution in [0.1, 0.15) is 16.1 Å². The number of aromatic nitrogens is 1. The van der Waals surface area contributed by atoms with E-state index in [0.29, 0.717) is 5.69 Å². The van der Waals surface area contributed by atoms with E-state index in [1.165, 1.54) is 24.5 Å². The van der Waals surface area contributed by atoms with Gasteiger partial charge < -0.3 is 15.3 Å². The smallest absolute Gasteiger partial charge is 0.301 e. The largest absolute Gasteiger partial charge is 0.508 e. The Morgan fingerprint density at radius 3 is 2.94 bits per heavy atom. The van der Waals surface area contributed by atoms with Gasteiger partial charge in [-0.15, -0.1) is 0 Å². The van der Waals surface area contributed by atoms with E-state index in [1.54, 1.807) is 6.92 Å². The van der Waals surface area contributed by atoms with Gasteiger partial charge in [0.15, 0.2) is 0 Å². The molecule has 1 aromatic heterocycles. The Morgan fingerprint density at radius 1 is 1.53 bits per heavy atom. The number of oxazole rings is 1. The van der Waals surface area contributed by atoms with Gasteiger partial charge in [0.1, 0.15) is 12.0 Å². The molecular formula is C11H11N3O3. The fourth-order valence-corrected chi connectivity index (χ4v) is 1.32. The minimum atomic E-state index is -0.486. The minimum Gasteiger partial charge on any atom is -0.508 e. The maximum absolute atomic E-state index is 11.8. The number of nitrogens with one attached hydrogen (secondary N) is 1. The van der Waals surface area contributed by atoms with Gasteiger partial charge >= 0.3 is 6.01 Å². The van der Waals surface area contributed by atoms with Crippen molar-refractivity contribution >= 4 is 17.6 Å². The quantitative estimate of drug-likeness (QED) is 0.539. The number of carbonyl (C=O) groups is 1. The Kier molecular flexibility index (Phi) is 2.70. The van der Waals surface area contributed by atoms with E-state index < -0.39 is 5.91 Å². The number of aromatic hydroxyl groups is 1. The second kappa shape index (κ2) is 4.17. The molecule has 1 heterocycles. The molecule has 1 amide bonds. The first kappa shape index (κ1) is 11.0. The van der Waals surface area contributed by atoms with Crippen molar-refractivity contribution in [2.75, 3.05) is 11.1 Å². The molecule has 0 atom stereocenters. The molecule has 0 fully saturated rings. The summed E-state index contributed by atoms with van der Waals surface area (Å²) in [5, 5.41) is 11.7. The van der Waals surface area contributed by atoms with E-state index in [9.17, 15) is 9.90 Å². The average molecular weight is 233 g/mol. The molecule has 1 aromatic carbocycles. The first-order chi connectivity index (χ1) is 8.06. The normalized spacial score (nSPS) is 10.2. The summed E-state index contributed by atoms with van der Waals surface area (Å²) in [5.41, 5.74) is 6.72. The van der Waals surface area contributed by atoms with Crippen LogP contribution in [0.2, 0.25) is 0 Å². The van der Waals surface area contributed by atoms with E-state index in [2.05, 4.69) is 10.3 Å². The summed E-state index contributed by atoms with van der Waals surface area (Å²) >= 11 is 0. The van der Waals surface area contributed by atoms with Crippen LogP contribution in [-0.4, -0.2) is 16.0 Å². The van der Waals surface area contributed by atoms with Crippen LogP contribution >= 0.6 is 0 Å². The SMILES string of the molecule is Cc1coc(NC(=O)c2cc(O)ccc2N)n1. The highest BCUT2D eigenvalue weighted by Crippen LogP contribution is 2.19. The molecule has 2 aromatic rings. The summed E-state index contributed by atoms with van der Waals surface area (Å²) in [5.74, 6) is -0.520. The number of benzene rings is 1. The number of nitrogens with two attached hydrogens (primary N) is 1. The van der Waals surface area contributed by atoms with Gasteiger partial charge in [0.25, 0.3) is 5.91 Å². The zero-order chi connectivity index (χ0) is 12.4. The van der Waals surface area contributed by atoms with E-state index in [0.717, 1.165) is 0 Å². The molecule has 0 saturated carbocycles. The zero-order valence-electron chi connectivity index (χ0n) is 9.10. The number of amides is 1. The molecule has 0 radical (unpaired) electrons. The Balaban J connectivity index is 2.22. The lowest BCUT2D eigenvalue weighted by Gasteiger charge is -2.04. The number of aryl methyl sites for hydroxylation is 1. The van der Waals surface area contributed by atoms with Gasteiger partial charge in [-0.1, -0.05) is 0 Å². The molecule has 0 aliphatic rings. The zero-order valence-corrected chi connectivity index (χ0v) is 9.10. The lowest BCUT2D eigenvalue weighted by atomic mass is 10.1. The van der Waals surface area contributed by atoms with Crippen LogP contribution < -0.4 is 11.1 Å². The second-order valence-corrected chi connectivity index (χ2v) is 3.52. The summed E-state index contributed by atoms with van der Waals surface area (Å²) in [6, 6.07) is 4.22. The van der Waals surface area contributed by atoms with Crippen molar-refractivity contribution in [2.45, 2.75) is 6.92 Å². The number of phenols is 1. The Bertz CT molecular complexity index is 563. The molecular weight excluding hydrogens is 222 g/mol. The number of anilines is 2. The first-order valence-corrected chi connectivity index (χ1v) is 4.88. The molecule has 6 nitrogen and oxygen atoms in total. The van der Waals surface area contributed by atoms with Gasteiger partial charge in [-0.2, -0.15) is 4.98 Å². The van der Waals surface area contributed by atoms with Crippen LogP contribution in [-0.2, 0) is 0 Å². The summed E-state index contributed by atoms with van der Waals surface area (Å²) in [7, 11) is 0. The maximum Gasteiger partial charge on any atom is 0.301 e. The number of nitrogens with zero attached hydrogens (tertiary/aromatic N) is 1. The van der Waals surface area contributed by atoms with Crippen molar-refractivity contribution in [1.29, 1.82) is 0 Å². The average Bonchev–Trinajstić information content (AvgIpc) is 2.67. The third-order valence-corrected chi connectivity index (χ3v) is 2.12. The van der Waals surface area contributed by atoms with Crippen LogP contribution in [0, 0.1) is 6.92 Å².